The minimum Gasteiger partial charge on any atom is -0.507 e. The monoisotopic (exact) mass is 363 g/mol. The van der Waals surface area contributed by atoms with E-state index in [1.54, 1.807) is 24.3 Å². The van der Waals surface area contributed by atoms with Crippen LogP contribution in [0.5, 0.6) is 5.75 Å². The van der Waals surface area contributed by atoms with Crippen molar-refractivity contribution in [3.8, 4) is 5.75 Å². The Hall–Kier alpha value is -2.99. The van der Waals surface area contributed by atoms with Gasteiger partial charge in [0.05, 0.1) is 11.9 Å². The van der Waals surface area contributed by atoms with Crippen molar-refractivity contribution >= 4 is 28.3 Å². The molecule has 6 heteroatoms. The van der Waals surface area contributed by atoms with Gasteiger partial charge < -0.3 is 5.11 Å². The van der Waals surface area contributed by atoms with Crippen molar-refractivity contribution in [2.45, 2.75) is 18.7 Å². The van der Waals surface area contributed by atoms with Gasteiger partial charge in [-0.05, 0) is 73.1 Å². The van der Waals surface area contributed by atoms with Crippen LogP contribution in [0.4, 0.5) is 11.4 Å². The maximum Gasteiger partial charge on any atom is 0.242 e. The second-order valence-electron chi connectivity index (χ2n) is 5.73. The van der Waals surface area contributed by atoms with Crippen molar-refractivity contribution < 1.29 is 9.90 Å². The van der Waals surface area contributed by atoms with E-state index in [0.717, 1.165) is 27.8 Å². The predicted octanol–water partition coefficient (Wildman–Crippen LogP) is 5.75. The second-order valence-corrected chi connectivity index (χ2v) is 6.78. The molecule has 0 saturated carbocycles. The summed E-state index contributed by atoms with van der Waals surface area (Å²) in [6, 6.07) is 16.3. The summed E-state index contributed by atoms with van der Waals surface area (Å²) in [5.41, 5.74) is 3.06. The number of aromatic nitrogens is 1. The van der Waals surface area contributed by atoms with E-state index in [4.69, 9.17) is 0 Å². The fraction of sp³-hybridized carbons (Fsp3) is 0.100. The van der Waals surface area contributed by atoms with Crippen LogP contribution in [0.15, 0.2) is 75.9 Å². The highest BCUT2D eigenvalue weighted by Crippen LogP contribution is 2.28. The molecule has 0 amide bonds. The predicted molar refractivity (Wildman–Crippen MR) is 103 cm³/mol. The molecule has 0 aliphatic carbocycles. The van der Waals surface area contributed by atoms with Gasteiger partial charge in [-0.1, -0.05) is 18.2 Å². The van der Waals surface area contributed by atoms with Crippen LogP contribution in [-0.2, 0) is 0 Å². The normalized spacial score (nSPS) is 11.0. The standard InChI is InChI=1S/C20H17N3O2S/c1-13-10-16(11-14(2)19(13)24)23-22-15-8-9-18(21-12-15)20(25)26-17-6-4-3-5-7-17/h3-12,24H,1-2H3. The summed E-state index contributed by atoms with van der Waals surface area (Å²) in [5.74, 6) is 0.268. The van der Waals surface area contributed by atoms with E-state index in [-0.39, 0.29) is 10.9 Å². The molecule has 1 heterocycles. The number of nitrogens with zero attached hydrogens (tertiary/aromatic N) is 3. The van der Waals surface area contributed by atoms with Gasteiger partial charge in [-0.3, -0.25) is 4.79 Å². The first-order chi connectivity index (χ1) is 12.5. The number of hydrogen-bond acceptors (Lipinski definition) is 6. The third-order valence-electron chi connectivity index (χ3n) is 3.67. The third-order valence-corrected chi connectivity index (χ3v) is 4.57. The molecule has 0 unspecified atom stereocenters. The van der Waals surface area contributed by atoms with Gasteiger partial charge in [-0.2, -0.15) is 5.11 Å². The summed E-state index contributed by atoms with van der Waals surface area (Å²) in [6.07, 6.45) is 1.52. The highest BCUT2D eigenvalue weighted by atomic mass is 32.2. The molecule has 0 aliphatic rings. The number of phenolic OH excluding ortho intramolecular Hbond substituents is 1. The number of azo groups is 1. The van der Waals surface area contributed by atoms with Gasteiger partial charge in [0.15, 0.2) is 0 Å². The minimum absolute atomic E-state index is 0.121. The number of aryl methyl sites for hydroxylation is 2. The molecule has 0 fully saturated rings. The Morgan fingerprint density at radius 2 is 1.62 bits per heavy atom. The van der Waals surface area contributed by atoms with E-state index in [0.29, 0.717) is 17.1 Å². The fourth-order valence-electron chi connectivity index (χ4n) is 2.32. The van der Waals surface area contributed by atoms with Gasteiger partial charge >= 0.3 is 0 Å². The molecule has 0 aliphatic heterocycles. The molecule has 3 rings (SSSR count). The van der Waals surface area contributed by atoms with Gasteiger partial charge in [0.2, 0.25) is 5.12 Å². The minimum atomic E-state index is -0.121. The Morgan fingerprint density at radius 1 is 0.962 bits per heavy atom. The first kappa shape index (κ1) is 17.8. The summed E-state index contributed by atoms with van der Waals surface area (Å²) in [5, 5.41) is 18.0. The van der Waals surface area contributed by atoms with E-state index in [2.05, 4.69) is 15.2 Å². The molecule has 1 N–H and O–H groups in total. The van der Waals surface area contributed by atoms with Crippen LogP contribution in [0.25, 0.3) is 0 Å². The van der Waals surface area contributed by atoms with Crippen molar-refractivity contribution in [1.29, 1.82) is 0 Å². The lowest BCUT2D eigenvalue weighted by atomic mass is 10.1. The topological polar surface area (TPSA) is 74.9 Å². The smallest absolute Gasteiger partial charge is 0.242 e. The number of thioether (sulfide) groups is 1. The Morgan fingerprint density at radius 3 is 2.23 bits per heavy atom. The van der Waals surface area contributed by atoms with Crippen LogP contribution in [0.2, 0.25) is 0 Å². The molecular formula is C20H17N3O2S. The van der Waals surface area contributed by atoms with Crippen molar-refractivity contribution in [3.05, 3.63) is 77.6 Å². The molecule has 3 aromatic rings. The Balaban J connectivity index is 1.70. The SMILES string of the molecule is Cc1cc(N=Nc2ccc(C(=O)Sc3ccccc3)nc2)cc(C)c1O. The number of benzene rings is 2. The van der Waals surface area contributed by atoms with Gasteiger partial charge in [-0.25, -0.2) is 4.98 Å². The lowest BCUT2D eigenvalue weighted by molar-refractivity contribution is 0.108. The number of hydrogen-bond donors (Lipinski definition) is 1. The molecule has 0 radical (unpaired) electrons. The summed E-state index contributed by atoms with van der Waals surface area (Å²) in [6.45, 7) is 3.63. The van der Waals surface area contributed by atoms with E-state index < -0.39 is 0 Å². The van der Waals surface area contributed by atoms with Crippen molar-refractivity contribution in [1.82, 2.24) is 4.98 Å². The van der Waals surface area contributed by atoms with Crippen LogP contribution in [0.3, 0.4) is 0 Å². The van der Waals surface area contributed by atoms with Gasteiger partial charge in [0.1, 0.15) is 17.1 Å². The van der Waals surface area contributed by atoms with E-state index in [9.17, 15) is 9.90 Å². The van der Waals surface area contributed by atoms with Gasteiger partial charge in [-0.15, -0.1) is 5.11 Å². The summed E-state index contributed by atoms with van der Waals surface area (Å²) >= 11 is 1.14. The lowest BCUT2D eigenvalue weighted by Crippen LogP contribution is -1.96. The van der Waals surface area contributed by atoms with E-state index in [1.165, 1.54) is 6.20 Å². The molecule has 130 valence electrons. The number of carbonyl (C=O) groups is 1. The van der Waals surface area contributed by atoms with Crippen molar-refractivity contribution in [2.24, 2.45) is 10.2 Å². The number of carbonyl (C=O) groups excluding carboxylic acids is 1. The van der Waals surface area contributed by atoms with Gasteiger partial charge in [0, 0.05) is 4.90 Å². The Labute approximate surface area is 155 Å². The highest BCUT2D eigenvalue weighted by molar-refractivity contribution is 8.14. The second kappa shape index (κ2) is 7.93. The summed E-state index contributed by atoms with van der Waals surface area (Å²) in [4.78, 5) is 17.3. The zero-order chi connectivity index (χ0) is 18.5. The summed E-state index contributed by atoms with van der Waals surface area (Å²) < 4.78 is 0. The Bertz CT molecular complexity index is 932. The lowest BCUT2D eigenvalue weighted by Gasteiger charge is -2.03. The van der Waals surface area contributed by atoms with Crippen LogP contribution in [0, 0.1) is 13.8 Å². The quantitative estimate of drug-likeness (QED) is 0.473. The largest absolute Gasteiger partial charge is 0.507 e. The Kier molecular flexibility index (Phi) is 5.43. The van der Waals surface area contributed by atoms with Crippen molar-refractivity contribution in [3.63, 3.8) is 0 Å². The zero-order valence-electron chi connectivity index (χ0n) is 14.4. The molecule has 0 saturated heterocycles. The van der Waals surface area contributed by atoms with E-state index in [1.807, 2.05) is 44.2 Å². The highest BCUT2D eigenvalue weighted by Gasteiger charge is 2.09. The molecule has 1 aromatic heterocycles. The van der Waals surface area contributed by atoms with Crippen molar-refractivity contribution in [2.75, 3.05) is 0 Å². The fourth-order valence-corrected chi connectivity index (χ4v) is 3.05. The van der Waals surface area contributed by atoms with Crippen LogP contribution >= 0.6 is 11.8 Å². The first-order valence-corrected chi connectivity index (χ1v) is 8.80. The number of pyridine rings is 1. The maximum atomic E-state index is 12.2. The molecule has 0 atom stereocenters. The molecule has 0 bridgehead atoms. The molecule has 2 aromatic carbocycles. The first-order valence-electron chi connectivity index (χ1n) is 7.98. The third kappa shape index (κ3) is 4.34. The molecular weight excluding hydrogens is 346 g/mol. The average molecular weight is 363 g/mol. The van der Waals surface area contributed by atoms with Crippen LogP contribution < -0.4 is 0 Å². The number of aromatic hydroxyl groups is 1. The van der Waals surface area contributed by atoms with E-state index >= 15 is 0 Å². The molecule has 26 heavy (non-hydrogen) atoms. The average Bonchev–Trinajstić information content (AvgIpc) is 2.65. The number of phenols is 1. The zero-order valence-corrected chi connectivity index (χ0v) is 15.2. The number of rotatable bonds is 4. The van der Waals surface area contributed by atoms with Gasteiger partial charge in [0.25, 0.3) is 0 Å². The molecule has 0 spiro atoms. The van der Waals surface area contributed by atoms with Crippen LogP contribution in [-0.4, -0.2) is 15.2 Å². The van der Waals surface area contributed by atoms with Crippen LogP contribution in [0.1, 0.15) is 21.6 Å². The summed E-state index contributed by atoms with van der Waals surface area (Å²) in [7, 11) is 0. The molecule has 5 nitrogen and oxygen atoms in total. The maximum absolute atomic E-state index is 12.2.